The Balaban J connectivity index is 1.78. The maximum Gasteiger partial charge on any atom is 0.254 e. The highest BCUT2D eigenvalue weighted by atomic mass is 16.5. The van der Waals surface area contributed by atoms with Crippen molar-refractivity contribution in [1.29, 1.82) is 0 Å². The van der Waals surface area contributed by atoms with Gasteiger partial charge in [0.25, 0.3) is 5.91 Å². The Morgan fingerprint density at radius 3 is 2.91 bits per heavy atom. The summed E-state index contributed by atoms with van der Waals surface area (Å²) in [6, 6.07) is 5.62. The van der Waals surface area contributed by atoms with E-state index in [1.54, 1.807) is 13.4 Å². The summed E-state index contributed by atoms with van der Waals surface area (Å²) in [5.74, 6) is 1.99. The molecule has 3 rings (SSSR count). The van der Waals surface area contributed by atoms with E-state index in [0.29, 0.717) is 12.1 Å². The Kier molecular flexibility index (Phi) is 4.32. The quantitative estimate of drug-likeness (QED) is 0.871. The van der Waals surface area contributed by atoms with E-state index in [4.69, 9.17) is 4.74 Å². The van der Waals surface area contributed by atoms with Crippen LogP contribution in [0.1, 0.15) is 40.5 Å². The average Bonchev–Trinajstić information content (AvgIpc) is 3.01. The van der Waals surface area contributed by atoms with E-state index in [9.17, 15) is 4.79 Å². The molecule has 0 radical (unpaired) electrons. The number of carbonyl (C=O) groups is 1. The minimum absolute atomic E-state index is 0.0511. The van der Waals surface area contributed by atoms with E-state index >= 15 is 0 Å². The van der Waals surface area contributed by atoms with Crippen molar-refractivity contribution in [3.05, 3.63) is 41.5 Å². The predicted molar refractivity (Wildman–Crippen MR) is 86.6 cm³/mol. The highest BCUT2D eigenvalue weighted by Gasteiger charge is 2.28. The lowest BCUT2D eigenvalue weighted by atomic mass is 9.96. The standard InChI is InChI=1S/C17H22N4O2/c1-12-6-7-13(9-15(12)23-3)17(22)21-8-4-5-14(10-21)16-19-18-11-20(16)2/h6-7,9,11,14H,4-5,8,10H2,1-3H3/t14-/m0/s1. The largest absolute Gasteiger partial charge is 0.496 e. The zero-order valence-electron chi connectivity index (χ0n) is 13.8. The highest BCUT2D eigenvalue weighted by molar-refractivity contribution is 5.94. The number of likely N-dealkylation sites (tertiary alicyclic amines) is 1. The van der Waals surface area contributed by atoms with Gasteiger partial charge in [0.05, 0.1) is 7.11 Å². The van der Waals surface area contributed by atoms with Crippen LogP contribution in [-0.4, -0.2) is 45.8 Å². The minimum Gasteiger partial charge on any atom is -0.496 e. The number of hydrogen-bond donors (Lipinski definition) is 0. The van der Waals surface area contributed by atoms with E-state index in [1.807, 2.05) is 41.6 Å². The van der Waals surface area contributed by atoms with Gasteiger partial charge in [-0.25, -0.2) is 0 Å². The van der Waals surface area contributed by atoms with E-state index in [0.717, 1.165) is 36.5 Å². The average molecular weight is 314 g/mol. The van der Waals surface area contributed by atoms with Crippen LogP contribution in [0.4, 0.5) is 0 Å². The van der Waals surface area contributed by atoms with Crippen LogP contribution in [0, 0.1) is 6.92 Å². The number of amides is 1. The van der Waals surface area contributed by atoms with Gasteiger partial charge in [0.1, 0.15) is 17.9 Å². The number of aryl methyl sites for hydroxylation is 2. The lowest BCUT2D eigenvalue weighted by Gasteiger charge is -2.32. The summed E-state index contributed by atoms with van der Waals surface area (Å²) >= 11 is 0. The fourth-order valence-corrected chi connectivity index (χ4v) is 3.17. The van der Waals surface area contributed by atoms with E-state index < -0.39 is 0 Å². The van der Waals surface area contributed by atoms with Crippen LogP contribution in [-0.2, 0) is 7.05 Å². The van der Waals surface area contributed by atoms with Crippen LogP contribution in [0.25, 0.3) is 0 Å². The molecule has 1 aliphatic rings. The monoisotopic (exact) mass is 314 g/mol. The first kappa shape index (κ1) is 15.5. The molecule has 1 saturated heterocycles. The third-order valence-corrected chi connectivity index (χ3v) is 4.48. The van der Waals surface area contributed by atoms with Crippen molar-refractivity contribution < 1.29 is 9.53 Å². The Morgan fingerprint density at radius 2 is 2.22 bits per heavy atom. The van der Waals surface area contributed by atoms with Gasteiger partial charge in [-0.05, 0) is 37.5 Å². The SMILES string of the molecule is COc1cc(C(=O)N2CCC[C@H](c3nncn3C)C2)ccc1C. The Morgan fingerprint density at radius 1 is 1.39 bits per heavy atom. The van der Waals surface area contributed by atoms with Gasteiger partial charge in [-0.3, -0.25) is 4.79 Å². The molecular weight excluding hydrogens is 292 g/mol. The molecule has 6 nitrogen and oxygen atoms in total. The van der Waals surface area contributed by atoms with Crippen molar-refractivity contribution in [3.63, 3.8) is 0 Å². The lowest BCUT2D eigenvalue weighted by molar-refractivity contribution is 0.0703. The first-order valence-corrected chi connectivity index (χ1v) is 7.88. The molecule has 0 N–H and O–H groups in total. The number of piperidine rings is 1. The molecule has 1 aromatic heterocycles. The molecule has 1 fully saturated rings. The Hall–Kier alpha value is -2.37. The van der Waals surface area contributed by atoms with Gasteiger partial charge in [-0.1, -0.05) is 6.07 Å². The molecule has 23 heavy (non-hydrogen) atoms. The second-order valence-electron chi connectivity index (χ2n) is 6.07. The third kappa shape index (κ3) is 3.06. The molecule has 1 amide bonds. The molecule has 1 aromatic carbocycles. The molecule has 0 unspecified atom stereocenters. The van der Waals surface area contributed by atoms with Crippen LogP contribution in [0.5, 0.6) is 5.75 Å². The van der Waals surface area contributed by atoms with Crippen LogP contribution in [0.2, 0.25) is 0 Å². The number of hydrogen-bond acceptors (Lipinski definition) is 4. The number of aromatic nitrogens is 3. The van der Waals surface area contributed by atoms with Crippen molar-refractivity contribution in [1.82, 2.24) is 19.7 Å². The van der Waals surface area contributed by atoms with Crippen LogP contribution in [0.15, 0.2) is 24.5 Å². The first-order valence-electron chi connectivity index (χ1n) is 7.88. The first-order chi connectivity index (χ1) is 11.1. The summed E-state index contributed by atoms with van der Waals surface area (Å²) in [6.45, 7) is 3.43. The second kappa shape index (κ2) is 6.40. The molecule has 0 bridgehead atoms. The fourth-order valence-electron chi connectivity index (χ4n) is 3.17. The van der Waals surface area contributed by atoms with Gasteiger partial charge in [0.2, 0.25) is 0 Å². The van der Waals surface area contributed by atoms with Crippen molar-refractivity contribution >= 4 is 5.91 Å². The zero-order valence-corrected chi connectivity index (χ0v) is 13.8. The van der Waals surface area contributed by atoms with Crippen molar-refractivity contribution in [2.45, 2.75) is 25.7 Å². The molecule has 1 aliphatic heterocycles. The van der Waals surface area contributed by atoms with Crippen molar-refractivity contribution in [2.24, 2.45) is 7.05 Å². The van der Waals surface area contributed by atoms with Crippen molar-refractivity contribution in [2.75, 3.05) is 20.2 Å². The van der Waals surface area contributed by atoms with E-state index in [-0.39, 0.29) is 11.8 Å². The van der Waals surface area contributed by atoms with Crippen LogP contribution < -0.4 is 4.74 Å². The molecule has 1 atom stereocenters. The van der Waals surface area contributed by atoms with Crippen LogP contribution in [0.3, 0.4) is 0 Å². The number of nitrogens with zero attached hydrogens (tertiary/aromatic N) is 4. The van der Waals surface area contributed by atoms with Gasteiger partial charge in [-0.15, -0.1) is 10.2 Å². The second-order valence-corrected chi connectivity index (χ2v) is 6.07. The van der Waals surface area contributed by atoms with Crippen molar-refractivity contribution in [3.8, 4) is 5.75 Å². The summed E-state index contributed by atoms with van der Waals surface area (Å²) in [4.78, 5) is 14.7. The molecule has 2 heterocycles. The molecule has 2 aromatic rings. The molecule has 0 spiro atoms. The molecule has 6 heteroatoms. The summed E-state index contributed by atoms with van der Waals surface area (Å²) < 4.78 is 7.26. The molecule has 122 valence electrons. The highest BCUT2D eigenvalue weighted by Crippen LogP contribution is 2.27. The topological polar surface area (TPSA) is 60.2 Å². The number of carbonyl (C=O) groups excluding carboxylic acids is 1. The predicted octanol–water partition coefficient (Wildman–Crippen LogP) is 2.15. The Bertz CT molecular complexity index is 710. The number of rotatable bonds is 3. The maximum atomic E-state index is 12.8. The van der Waals surface area contributed by atoms with E-state index in [2.05, 4.69) is 10.2 Å². The summed E-state index contributed by atoms with van der Waals surface area (Å²) in [7, 11) is 3.57. The molecular formula is C17H22N4O2. The van der Waals surface area contributed by atoms with Gasteiger partial charge in [-0.2, -0.15) is 0 Å². The van der Waals surface area contributed by atoms with E-state index in [1.165, 1.54) is 0 Å². The smallest absolute Gasteiger partial charge is 0.254 e. The maximum absolute atomic E-state index is 12.8. The zero-order chi connectivity index (χ0) is 16.4. The lowest BCUT2D eigenvalue weighted by Crippen LogP contribution is -2.39. The number of methoxy groups -OCH3 is 1. The molecule has 0 aliphatic carbocycles. The number of ether oxygens (including phenoxy) is 1. The van der Waals surface area contributed by atoms with Gasteiger partial charge < -0.3 is 14.2 Å². The third-order valence-electron chi connectivity index (χ3n) is 4.48. The summed E-state index contributed by atoms with van der Waals surface area (Å²) in [5.41, 5.74) is 1.70. The van der Waals surface area contributed by atoms with Gasteiger partial charge >= 0.3 is 0 Å². The fraction of sp³-hybridized carbons (Fsp3) is 0.471. The summed E-state index contributed by atoms with van der Waals surface area (Å²) in [6.07, 6.45) is 3.72. The number of benzene rings is 1. The summed E-state index contributed by atoms with van der Waals surface area (Å²) in [5, 5.41) is 8.15. The normalized spacial score (nSPS) is 18.0. The Labute approximate surface area is 136 Å². The van der Waals surface area contributed by atoms with Crippen LogP contribution >= 0.6 is 0 Å². The molecule has 0 saturated carbocycles. The van der Waals surface area contributed by atoms with Gasteiger partial charge in [0, 0.05) is 31.6 Å². The minimum atomic E-state index is 0.0511. The van der Waals surface area contributed by atoms with Gasteiger partial charge in [0.15, 0.2) is 0 Å².